The number of amides is 1. The summed E-state index contributed by atoms with van der Waals surface area (Å²) in [5, 5.41) is 2.97. The maximum Gasteiger partial charge on any atom is 0.220 e. The van der Waals surface area contributed by atoms with Crippen LogP contribution in [-0.4, -0.2) is 46.7 Å². The van der Waals surface area contributed by atoms with E-state index in [9.17, 15) is 9.59 Å². The predicted octanol–water partition coefficient (Wildman–Crippen LogP) is 3.96. The van der Waals surface area contributed by atoms with Crippen molar-refractivity contribution in [3.8, 4) is 28.7 Å². The second-order valence-electron chi connectivity index (χ2n) is 7.12. The first-order valence-corrected chi connectivity index (χ1v) is 10.3. The molecule has 0 saturated carbocycles. The molecule has 0 bridgehead atoms. The topological polar surface area (TPSA) is 92.3 Å². The average Bonchev–Trinajstić information content (AvgIpc) is 2.80. The first kappa shape index (κ1) is 24.8. The fourth-order valence-corrected chi connectivity index (χ4v) is 3.17. The monoisotopic (exact) mass is 445 g/mol. The number of nitrogens with one attached hydrogen (secondary N) is 1. The highest BCUT2D eigenvalue weighted by Gasteiger charge is 2.17. The Morgan fingerprint density at radius 1 is 0.875 bits per heavy atom. The smallest absolute Gasteiger partial charge is 0.220 e. The number of Topliss-reactive ketones (excluding diaryl/α,β-unsaturated/α-hetero) is 1. The molecule has 8 nitrogen and oxygen atoms in total. The summed E-state index contributed by atoms with van der Waals surface area (Å²) in [6.45, 7) is 3.71. The molecule has 1 unspecified atom stereocenters. The molecule has 0 radical (unpaired) electrons. The van der Waals surface area contributed by atoms with E-state index in [2.05, 4.69) is 5.32 Å². The largest absolute Gasteiger partial charge is 0.493 e. The summed E-state index contributed by atoms with van der Waals surface area (Å²) in [7, 11) is 6.16. The van der Waals surface area contributed by atoms with Crippen LogP contribution in [0.5, 0.6) is 28.7 Å². The molecule has 0 aliphatic heterocycles. The lowest BCUT2D eigenvalue weighted by atomic mass is 10.1. The van der Waals surface area contributed by atoms with Gasteiger partial charge in [0, 0.05) is 12.0 Å². The van der Waals surface area contributed by atoms with Gasteiger partial charge in [0.1, 0.15) is 0 Å². The molecule has 2 aromatic rings. The number of carbonyl (C=O) groups is 2. The summed E-state index contributed by atoms with van der Waals surface area (Å²) in [4.78, 5) is 23.9. The van der Waals surface area contributed by atoms with E-state index in [-0.39, 0.29) is 17.7 Å². The second-order valence-corrected chi connectivity index (χ2v) is 7.12. The zero-order valence-corrected chi connectivity index (χ0v) is 19.4. The van der Waals surface area contributed by atoms with Gasteiger partial charge in [-0.25, -0.2) is 0 Å². The molecule has 1 atom stereocenters. The summed E-state index contributed by atoms with van der Waals surface area (Å²) >= 11 is 0. The van der Waals surface area contributed by atoms with Crippen molar-refractivity contribution in [3.63, 3.8) is 0 Å². The van der Waals surface area contributed by atoms with Gasteiger partial charge in [0.2, 0.25) is 11.7 Å². The summed E-state index contributed by atoms with van der Waals surface area (Å²) < 4.78 is 27.1. The molecule has 1 N–H and O–H groups in total. The van der Waals surface area contributed by atoms with Crippen molar-refractivity contribution >= 4 is 11.7 Å². The molecule has 0 aliphatic carbocycles. The Morgan fingerprint density at radius 2 is 1.50 bits per heavy atom. The van der Waals surface area contributed by atoms with Gasteiger partial charge in [-0.1, -0.05) is 0 Å². The van der Waals surface area contributed by atoms with Gasteiger partial charge in [0.25, 0.3) is 0 Å². The molecule has 174 valence electrons. The minimum Gasteiger partial charge on any atom is -0.493 e. The van der Waals surface area contributed by atoms with Crippen molar-refractivity contribution in [1.29, 1.82) is 0 Å². The van der Waals surface area contributed by atoms with Gasteiger partial charge in [0.05, 0.1) is 41.1 Å². The predicted molar refractivity (Wildman–Crippen MR) is 120 cm³/mol. The van der Waals surface area contributed by atoms with Gasteiger partial charge >= 0.3 is 0 Å². The highest BCUT2D eigenvalue weighted by molar-refractivity contribution is 5.94. The maximum absolute atomic E-state index is 12.4. The van der Waals surface area contributed by atoms with E-state index in [1.165, 1.54) is 14.0 Å². The van der Waals surface area contributed by atoms with E-state index in [0.29, 0.717) is 53.8 Å². The SMILES string of the molecule is COc1cc(C(C)=O)ccc1OCCCC(=O)NC(C)c1cc(OC)c(OC)c(OC)c1. The van der Waals surface area contributed by atoms with E-state index in [4.69, 9.17) is 23.7 Å². The molecule has 0 saturated heterocycles. The van der Waals surface area contributed by atoms with Crippen LogP contribution < -0.4 is 29.0 Å². The van der Waals surface area contributed by atoms with Crippen LogP contribution >= 0.6 is 0 Å². The molecule has 32 heavy (non-hydrogen) atoms. The molecule has 1 amide bonds. The number of benzene rings is 2. The van der Waals surface area contributed by atoms with Crippen LogP contribution in [0.25, 0.3) is 0 Å². The number of hydrogen-bond acceptors (Lipinski definition) is 7. The zero-order valence-electron chi connectivity index (χ0n) is 19.4. The van der Waals surface area contributed by atoms with Crippen LogP contribution in [0.2, 0.25) is 0 Å². The Kier molecular flexibility index (Phi) is 9.19. The number of ketones is 1. The molecule has 8 heteroatoms. The normalized spacial score (nSPS) is 11.3. The van der Waals surface area contributed by atoms with Gasteiger partial charge in [-0.15, -0.1) is 0 Å². The van der Waals surface area contributed by atoms with E-state index in [1.807, 2.05) is 19.1 Å². The molecular formula is C24H31NO7. The lowest BCUT2D eigenvalue weighted by Crippen LogP contribution is -2.26. The summed E-state index contributed by atoms with van der Waals surface area (Å²) in [6, 6.07) is 8.40. The molecule has 0 aromatic heterocycles. The fourth-order valence-electron chi connectivity index (χ4n) is 3.17. The van der Waals surface area contributed by atoms with E-state index >= 15 is 0 Å². The second kappa shape index (κ2) is 11.8. The summed E-state index contributed by atoms with van der Waals surface area (Å²) in [5.41, 5.74) is 1.38. The van der Waals surface area contributed by atoms with Gasteiger partial charge in [0.15, 0.2) is 28.8 Å². The molecule has 2 aromatic carbocycles. The number of ether oxygens (including phenoxy) is 5. The Hall–Kier alpha value is -3.42. The average molecular weight is 446 g/mol. The molecule has 0 aliphatic rings. The van der Waals surface area contributed by atoms with Crippen LogP contribution in [-0.2, 0) is 4.79 Å². The molecular weight excluding hydrogens is 414 g/mol. The number of methoxy groups -OCH3 is 4. The minimum absolute atomic E-state index is 0.0484. The van der Waals surface area contributed by atoms with Crippen molar-refractivity contribution in [2.45, 2.75) is 32.7 Å². The molecule has 0 heterocycles. The van der Waals surface area contributed by atoms with Crippen LogP contribution in [0.3, 0.4) is 0 Å². The van der Waals surface area contributed by atoms with Crippen LogP contribution in [0.1, 0.15) is 48.7 Å². The quantitative estimate of drug-likeness (QED) is 0.390. The number of rotatable bonds is 12. The summed E-state index contributed by atoms with van der Waals surface area (Å²) in [5.74, 6) is 2.42. The molecule has 2 rings (SSSR count). The lowest BCUT2D eigenvalue weighted by Gasteiger charge is -2.19. The van der Waals surface area contributed by atoms with E-state index in [1.54, 1.807) is 39.5 Å². The number of hydrogen-bond donors (Lipinski definition) is 1. The molecule has 0 spiro atoms. The zero-order chi connectivity index (χ0) is 23.7. The van der Waals surface area contributed by atoms with Crippen molar-refractivity contribution in [3.05, 3.63) is 41.5 Å². The first-order valence-electron chi connectivity index (χ1n) is 10.3. The van der Waals surface area contributed by atoms with E-state index in [0.717, 1.165) is 5.56 Å². The maximum atomic E-state index is 12.4. The van der Waals surface area contributed by atoms with Crippen LogP contribution in [0, 0.1) is 0 Å². The van der Waals surface area contributed by atoms with Gasteiger partial charge in [-0.3, -0.25) is 9.59 Å². The molecule has 0 fully saturated rings. The first-order chi connectivity index (χ1) is 15.3. The Morgan fingerprint density at radius 3 is 2.03 bits per heavy atom. The third kappa shape index (κ3) is 6.29. The van der Waals surface area contributed by atoms with Gasteiger partial charge in [-0.05, 0) is 56.2 Å². The van der Waals surface area contributed by atoms with Crippen molar-refractivity contribution in [2.24, 2.45) is 0 Å². The van der Waals surface area contributed by atoms with Crippen LogP contribution in [0.4, 0.5) is 0 Å². The Bertz CT molecular complexity index is 917. The standard InChI is InChI=1S/C24H31NO7/c1-15(18-13-21(29-4)24(31-6)22(14-18)30-5)25-23(27)8-7-11-32-19-10-9-17(16(2)26)12-20(19)28-3/h9-10,12-15H,7-8,11H2,1-6H3,(H,25,27). The van der Waals surface area contributed by atoms with Crippen molar-refractivity contribution < 1.29 is 33.3 Å². The van der Waals surface area contributed by atoms with Gasteiger partial charge < -0.3 is 29.0 Å². The third-order valence-electron chi connectivity index (χ3n) is 4.94. The lowest BCUT2D eigenvalue weighted by molar-refractivity contribution is -0.121. The van der Waals surface area contributed by atoms with Crippen molar-refractivity contribution in [1.82, 2.24) is 5.32 Å². The third-order valence-corrected chi connectivity index (χ3v) is 4.94. The Labute approximate surface area is 188 Å². The fraction of sp³-hybridized carbons (Fsp3) is 0.417. The summed E-state index contributed by atoms with van der Waals surface area (Å²) in [6.07, 6.45) is 0.814. The van der Waals surface area contributed by atoms with Crippen molar-refractivity contribution in [2.75, 3.05) is 35.0 Å². The highest BCUT2D eigenvalue weighted by atomic mass is 16.5. The van der Waals surface area contributed by atoms with E-state index < -0.39 is 0 Å². The number of carbonyl (C=O) groups excluding carboxylic acids is 2. The Balaban J connectivity index is 1.90. The minimum atomic E-state index is -0.253. The van der Waals surface area contributed by atoms with Crippen LogP contribution in [0.15, 0.2) is 30.3 Å². The highest BCUT2D eigenvalue weighted by Crippen LogP contribution is 2.39. The van der Waals surface area contributed by atoms with Gasteiger partial charge in [-0.2, -0.15) is 0 Å².